The van der Waals surface area contributed by atoms with Gasteiger partial charge in [-0.2, -0.15) is 0 Å². The number of benzene rings is 1. The Morgan fingerprint density at radius 1 is 1.15 bits per heavy atom. The van der Waals surface area contributed by atoms with Crippen molar-refractivity contribution in [2.24, 2.45) is 5.92 Å². The number of amides is 1. The maximum Gasteiger partial charge on any atom is 0.292 e. The van der Waals surface area contributed by atoms with Gasteiger partial charge in [-0.1, -0.05) is 42.4 Å². The van der Waals surface area contributed by atoms with Gasteiger partial charge in [-0.05, 0) is 43.7 Å². The molecule has 0 bridgehead atoms. The third-order valence-corrected chi connectivity index (χ3v) is 5.98. The molecule has 2 aromatic rings. The molecule has 0 radical (unpaired) electrons. The number of piperidine rings is 2. The van der Waals surface area contributed by atoms with Gasteiger partial charge in [0.05, 0.1) is 5.69 Å². The van der Waals surface area contributed by atoms with Gasteiger partial charge < -0.3 is 9.42 Å². The van der Waals surface area contributed by atoms with E-state index in [2.05, 4.69) is 47.3 Å². The molecule has 0 aliphatic carbocycles. The van der Waals surface area contributed by atoms with Gasteiger partial charge in [0.2, 0.25) is 5.76 Å². The van der Waals surface area contributed by atoms with E-state index in [-0.39, 0.29) is 5.91 Å². The van der Waals surface area contributed by atoms with E-state index in [1.54, 1.807) is 0 Å². The lowest BCUT2D eigenvalue weighted by Crippen LogP contribution is -2.37. The van der Waals surface area contributed by atoms with Crippen molar-refractivity contribution in [1.29, 1.82) is 0 Å². The van der Waals surface area contributed by atoms with E-state index < -0.39 is 0 Å². The fraction of sp³-hybridized carbons (Fsp3) is 0.545. The molecule has 2 saturated heterocycles. The molecule has 2 aliphatic heterocycles. The number of nitrogens with zero attached hydrogens (tertiary/aromatic N) is 3. The maximum absolute atomic E-state index is 12.7. The maximum atomic E-state index is 12.7. The van der Waals surface area contributed by atoms with Crippen LogP contribution in [0, 0.1) is 5.92 Å². The topological polar surface area (TPSA) is 49.6 Å². The molecule has 144 valence electrons. The Kier molecular flexibility index (Phi) is 5.58. The van der Waals surface area contributed by atoms with Crippen molar-refractivity contribution in [2.75, 3.05) is 26.2 Å². The second kappa shape index (κ2) is 8.26. The first-order chi connectivity index (χ1) is 13.2. The van der Waals surface area contributed by atoms with E-state index >= 15 is 0 Å². The Morgan fingerprint density at radius 2 is 1.93 bits per heavy atom. The molecule has 1 atom stereocenters. The first-order valence-corrected chi connectivity index (χ1v) is 10.2. The van der Waals surface area contributed by atoms with Crippen LogP contribution in [0.4, 0.5) is 0 Å². The van der Waals surface area contributed by atoms with Gasteiger partial charge in [0, 0.05) is 38.2 Å². The summed E-state index contributed by atoms with van der Waals surface area (Å²) in [5, 5.41) is 4.26. The van der Waals surface area contributed by atoms with Crippen LogP contribution in [0.1, 0.15) is 60.3 Å². The fourth-order valence-electron chi connectivity index (χ4n) is 4.23. The summed E-state index contributed by atoms with van der Waals surface area (Å²) in [6.45, 7) is 6.94. The van der Waals surface area contributed by atoms with Gasteiger partial charge in [0.25, 0.3) is 5.91 Å². The molecular formula is C22H29N3O2. The van der Waals surface area contributed by atoms with Gasteiger partial charge >= 0.3 is 0 Å². The second-order valence-electron chi connectivity index (χ2n) is 8.15. The number of aromatic nitrogens is 1. The second-order valence-corrected chi connectivity index (χ2v) is 8.15. The first kappa shape index (κ1) is 18.2. The summed E-state index contributed by atoms with van der Waals surface area (Å²) in [5.41, 5.74) is 2.27. The number of carbonyl (C=O) groups excluding carboxylic acids is 1. The first-order valence-electron chi connectivity index (χ1n) is 10.2. The molecule has 1 aromatic carbocycles. The van der Waals surface area contributed by atoms with Crippen molar-refractivity contribution in [3.05, 3.63) is 53.4 Å². The zero-order valence-corrected chi connectivity index (χ0v) is 16.1. The van der Waals surface area contributed by atoms with Gasteiger partial charge in [-0.15, -0.1) is 0 Å². The monoisotopic (exact) mass is 367 g/mol. The van der Waals surface area contributed by atoms with E-state index in [1.165, 1.54) is 5.56 Å². The van der Waals surface area contributed by atoms with Crippen LogP contribution in [0.25, 0.3) is 0 Å². The normalized spacial score (nSPS) is 22.1. The van der Waals surface area contributed by atoms with Gasteiger partial charge in [0.15, 0.2) is 0 Å². The highest BCUT2D eigenvalue weighted by Crippen LogP contribution is 2.28. The molecule has 0 unspecified atom stereocenters. The van der Waals surface area contributed by atoms with Crippen LogP contribution in [0.2, 0.25) is 0 Å². The van der Waals surface area contributed by atoms with Crippen LogP contribution in [-0.4, -0.2) is 47.0 Å². The highest BCUT2D eigenvalue weighted by atomic mass is 16.5. The summed E-state index contributed by atoms with van der Waals surface area (Å²) in [4.78, 5) is 17.1. The highest BCUT2D eigenvalue weighted by Gasteiger charge is 2.28. The summed E-state index contributed by atoms with van der Waals surface area (Å²) >= 11 is 0. The predicted molar refractivity (Wildman–Crippen MR) is 104 cm³/mol. The van der Waals surface area contributed by atoms with E-state index in [1.807, 2.05) is 11.0 Å². The van der Waals surface area contributed by atoms with Crippen LogP contribution in [0.5, 0.6) is 0 Å². The summed E-state index contributed by atoms with van der Waals surface area (Å²) < 4.78 is 5.45. The molecule has 27 heavy (non-hydrogen) atoms. The Hall–Kier alpha value is -2.14. The fourth-order valence-corrected chi connectivity index (χ4v) is 4.23. The van der Waals surface area contributed by atoms with E-state index in [0.29, 0.717) is 17.6 Å². The lowest BCUT2D eigenvalue weighted by atomic mass is 9.94. The standard InChI is InChI=1S/C22H29N3O2/c1-17-9-12-25(13-10-17)22(26)21-14-20(23-27-21)19-8-5-11-24(16-19)15-18-6-3-2-4-7-18/h2-4,6-7,14,17,19H,5,8-13,15-16H2,1H3/t19-/m0/s1. The van der Waals surface area contributed by atoms with Crippen LogP contribution in [0.15, 0.2) is 40.9 Å². The third kappa shape index (κ3) is 4.41. The third-order valence-electron chi connectivity index (χ3n) is 5.98. The zero-order chi connectivity index (χ0) is 18.6. The predicted octanol–water partition coefficient (Wildman–Crippen LogP) is 3.93. The van der Waals surface area contributed by atoms with Crippen LogP contribution in [0.3, 0.4) is 0 Å². The van der Waals surface area contributed by atoms with E-state index in [4.69, 9.17) is 4.52 Å². The van der Waals surface area contributed by atoms with Crippen molar-refractivity contribution in [2.45, 2.75) is 45.1 Å². The quantitative estimate of drug-likeness (QED) is 0.822. The van der Waals surface area contributed by atoms with Crippen molar-refractivity contribution in [3.63, 3.8) is 0 Å². The molecule has 0 spiro atoms. The Morgan fingerprint density at radius 3 is 2.70 bits per heavy atom. The van der Waals surface area contributed by atoms with Crippen molar-refractivity contribution >= 4 is 5.91 Å². The Bertz CT molecular complexity index is 750. The lowest BCUT2D eigenvalue weighted by Gasteiger charge is -2.31. The number of carbonyl (C=O) groups is 1. The van der Waals surface area contributed by atoms with Gasteiger partial charge in [-0.25, -0.2) is 0 Å². The minimum absolute atomic E-state index is 0.00222. The molecule has 5 nitrogen and oxygen atoms in total. The van der Waals surface area contributed by atoms with Gasteiger partial charge in [0.1, 0.15) is 0 Å². The number of hydrogen-bond acceptors (Lipinski definition) is 4. The average molecular weight is 367 g/mol. The van der Waals surface area contributed by atoms with Crippen LogP contribution in [-0.2, 0) is 6.54 Å². The van der Waals surface area contributed by atoms with Crippen molar-refractivity contribution in [3.8, 4) is 0 Å². The zero-order valence-electron chi connectivity index (χ0n) is 16.1. The van der Waals surface area contributed by atoms with Crippen LogP contribution >= 0.6 is 0 Å². The molecule has 3 heterocycles. The van der Waals surface area contributed by atoms with E-state index in [0.717, 1.165) is 64.1 Å². The molecule has 0 saturated carbocycles. The minimum Gasteiger partial charge on any atom is -0.351 e. The average Bonchev–Trinajstić information content (AvgIpc) is 3.19. The summed E-state index contributed by atoms with van der Waals surface area (Å²) in [7, 11) is 0. The summed E-state index contributed by atoms with van der Waals surface area (Å²) in [6.07, 6.45) is 4.40. The molecule has 2 aliphatic rings. The number of hydrogen-bond donors (Lipinski definition) is 0. The largest absolute Gasteiger partial charge is 0.351 e. The minimum atomic E-state index is -0.00222. The van der Waals surface area contributed by atoms with Crippen molar-refractivity contribution in [1.82, 2.24) is 15.0 Å². The van der Waals surface area contributed by atoms with Gasteiger partial charge in [-0.3, -0.25) is 9.69 Å². The molecule has 1 amide bonds. The molecular weight excluding hydrogens is 338 g/mol. The Labute approximate surface area is 161 Å². The van der Waals surface area contributed by atoms with E-state index in [9.17, 15) is 4.79 Å². The Balaban J connectivity index is 1.38. The number of likely N-dealkylation sites (tertiary alicyclic amines) is 2. The smallest absolute Gasteiger partial charge is 0.292 e. The molecule has 4 rings (SSSR count). The van der Waals surface area contributed by atoms with Crippen LogP contribution < -0.4 is 0 Å². The SMILES string of the molecule is CC1CCN(C(=O)c2cc([C@H]3CCCN(Cc4ccccc4)C3)no2)CC1. The molecule has 0 N–H and O–H groups in total. The molecule has 2 fully saturated rings. The summed E-state index contributed by atoms with van der Waals surface area (Å²) in [6, 6.07) is 12.5. The number of rotatable bonds is 4. The summed E-state index contributed by atoms with van der Waals surface area (Å²) in [5.74, 6) is 1.45. The molecule has 1 aromatic heterocycles. The van der Waals surface area contributed by atoms with Crippen molar-refractivity contribution < 1.29 is 9.32 Å². The lowest BCUT2D eigenvalue weighted by molar-refractivity contribution is 0.0655. The molecule has 5 heteroatoms. The highest BCUT2D eigenvalue weighted by molar-refractivity contribution is 5.91.